The van der Waals surface area contributed by atoms with E-state index in [0.717, 1.165) is 36.1 Å². The maximum Gasteiger partial charge on any atom is 0.224 e. The summed E-state index contributed by atoms with van der Waals surface area (Å²) in [6.45, 7) is 2.27. The standard InChI is InChI=1S/C17H22ClNO4/c18-14-7-12-3-6-23-17(12)13(8-14)9-16(21)19-10-15(20)11-1-4-22-5-2-11/h7-8,11,15,20H,1-6,9-10H2,(H,19,21). The van der Waals surface area contributed by atoms with Crippen LogP contribution < -0.4 is 10.1 Å². The highest BCUT2D eigenvalue weighted by Gasteiger charge is 2.23. The SMILES string of the molecule is O=C(Cc1cc(Cl)cc2c1OCC2)NCC(O)C1CCOCC1. The second-order valence-electron chi connectivity index (χ2n) is 6.15. The Balaban J connectivity index is 1.53. The van der Waals surface area contributed by atoms with Crippen molar-refractivity contribution < 1.29 is 19.4 Å². The van der Waals surface area contributed by atoms with Gasteiger partial charge in [-0.1, -0.05) is 11.6 Å². The molecule has 5 nitrogen and oxygen atoms in total. The van der Waals surface area contributed by atoms with Gasteiger partial charge in [0.15, 0.2) is 0 Å². The molecule has 1 amide bonds. The summed E-state index contributed by atoms with van der Waals surface area (Å²) in [4.78, 5) is 12.2. The molecule has 2 aliphatic heterocycles. The summed E-state index contributed by atoms with van der Waals surface area (Å²) in [5, 5.41) is 13.6. The van der Waals surface area contributed by atoms with E-state index in [1.165, 1.54) is 0 Å². The highest BCUT2D eigenvalue weighted by molar-refractivity contribution is 6.30. The minimum atomic E-state index is -0.524. The lowest BCUT2D eigenvalue weighted by atomic mass is 9.94. The van der Waals surface area contributed by atoms with Crippen molar-refractivity contribution in [3.8, 4) is 5.75 Å². The number of nitrogens with one attached hydrogen (secondary N) is 1. The quantitative estimate of drug-likeness (QED) is 0.857. The summed E-state index contributed by atoms with van der Waals surface area (Å²) in [7, 11) is 0. The molecule has 0 aliphatic carbocycles. The number of benzene rings is 1. The van der Waals surface area contributed by atoms with E-state index < -0.39 is 6.10 Å². The van der Waals surface area contributed by atoms with Crippen molar-refractivity contribution in [2.75, 3.05) is 26.4 Å². The van der Waals surface area contributed by atoms with Crippen LogP contribution in [0.5, 0.6) is 5.75 Å². The minimum absolute atomic E-state index is 0.129. The molecule has 0 saturated carbocycles. The number of hydrogen-bond donors (Lipinski definition) is 2. The van der Waals surface area contributed by atoms with Gasteiger partial charge >= 0.3 is 0 Å². The van der Waals surface area contributed by atoms with Crippen molar-refractivity contribution in [3.05, 3.63) is 28.3 Å². The molecule has 6 heteroatoms. The van der Waals surface area contributed by atoms with Crippen molar-refractivity contribution in [1.29, 1.82) is 0 Å². The minimum Gasteiger partial charge on any atom is -0.493 e. The second kappa shape index (κ2) is 7.51. The Morgan fingerprint density at radius 1 is 1.35 bits per heavy atom. The van der Waals surface area contributed by atoms with Crippen LogP contribution >= 0.6 is 11.6 Å². The normalized spacial score (nSPS) is 19.0. The number of carbonyl (C=O) groups excluding carboxylic acids is 1. The van der Waals surface area contributed by atoms with Gasteiger partial charge in [-0.3, -0.25) is 4.79 Å². The maximum atomic E-state index is 12.2. The first-order valence-corrected chi connectivity index (χ1v) is 8.48. The Hall–Kier alpha value is -1.30. The summed E-state index contributed by atoms with van der Waals surface area (Å²) in [6, 6.07) is 3.67. The fourth-order valence-corrected chi connectivity index (χ4v) is 3.46. The first-order valence-electron chi connectivity index (χ1n) is 8.10. The van der Waals surface area contributed by atoms with Crippen LogP contribution in [-0.4, -0.2) is 43.5 Å². The van der Waals surface area contributed by atoms with E-state index in [-0.39, 0.29) is 24.8 Å². The van der Waals surface area contributed by atoms with E-state index in [2.05, 4.69) is 5.32 Å². The van der Waals surface area contributed by atoms with Crippen LogP contribution in [-0.2, 0) is 22.4 Å². The Labute approximate surface area is 140 Å². The van der Waals surface area contributed by atoms with Crippen LogP contribution in [0.3, 0.4) is 0 Å². The van der Waals surface area contributed by atoms with Crippen molar-refractivity contribution >= 4 is 17.5 Å². The van der Waals surface area contributed by atoms with Crippen LogP contribution in [0.4, 0.5) is 0 Å². The molecular weight excluding hydrogens is 318 g/mol. The Morgan fingerprint density at radius 3 is 2.91 bits per heavy atom. The van der Waals surface area contributed by atoms with Gasteiger partial charge in [0.05, 0.1) is 19.1 Å². The number of rotatable bonds is 5. The lowest BCUT2D eigenvalue weighted by Crippen LogP contribution is -2.38. The Kier molecular flexibility index (Phi) is 5.41. The zero-order chi connectivity index (χ0) is 16.2. The van der Waals surface area contributed by atoms with Gasteiger partial charge in [0.2, 0.25) is 5.91 Å². The highest BCUT2D eigenvalue weighted by Crippen LogP contribution is 2.33. The van der Waals surface area contributed by atoms with Crippen LogP contribution in [0.15, 0.2) is 12.1 Å². The molecule has 23 heavy (non-hydrogen) atoms. The zero-order valence-corrected chi connectivity index (χ0v) is 13.8. The fourth-order valence-electron chi connectivity index (χ4n) is 3.20. The number of aliphatic hydroxyl groups excluding tert-OH is 1. The third kappa shape index (κ3) is 4.16. The molecule has 2 N–H and O–H groups in total. The van der Waals surface area contributed by atoms with E-state index in [0.29, 0.717) is 24.8 Å². The van der Waals surface area contributed by atoms with Crippen LogP contribution in [0.2, 0.25) is 5.02 Å². The van der Waals surface area contributed by atoms with E-state index in [9.17, 15) is 9.90 Å². The summed E-state index contributed by atoms with van der Waals surface area (Å²) >= 11 is 6.10. The third-order valence-electron chi connectivity index (χ3n) is 4.49. The van der Waals surface area contributed by atoms with Gasteiger partial charge in [0, 0.05) is 36.8 Å². The predicted octanol–water partition coefficient (Wildman–Crippen LogP) is 1.72. The smallest absolute Gasteiger partial charge is 0.224 e. The number of ether oxygens (including phenoxy) is 2. The monoisotopic (exact) mass is 339 g/mol. The zero-order valence-electron chi connectivity index (χ0n) is 13.0. The van der Waals surface area contributed by atoms with Gasteiger partial charge in [0.25, 0.3) is 0 Å². The van der Waals surface area contributed by atoms with Crippen LogP contribution in [0.1, 0.15) is 24.0 Å². The molecule has 1 aromatic rings. The van der Waals surface area contributed by atoms with Crippen molar-refractivity contribution in [1.82, 2.24) is 5.32 Å². The largest absolute Gasteiger partial charge is 0.493 e. The summed E-state index contributed by atoms with van der Waals surface area (Å²) in [6.07, 6.45) is 2.19. The molecule has 1 aromatic carbocycles. The second-order valence-corrected chi connectivity index (χ2v) is 6.59. The molecule has 3 rings (SSSR count). The van der Waals surface area contributed by atoms with Crippen molar-refractivity contribution in [3.63, 3.8) is 0 Å². The van der Waals surface area contributed by atoms with Gasteiger partial charge in [-0.2, -0.15) is 0 Å². The molecule has 126 valence electrons. The molecule has 1 atom stereocenters. The first kappa shape index (κ1) is 16.6. The lowest BCUT2D eigenvalue weighted by molar-refractivity contribution is -0.121. The summed E-state index contributed by atoms with van der Waals surface area (Å²) < 4.78 is 10.9. The molecule has 2 heterocycles. The number of fused-ring (bicyclic) bond motifs is 1. The van der Waals surface area contributed by atoms with Gasteiger partial charge in [-0.15, -0.1) is 0 Å². The molecular formula is C17H22ClNO4. The Morgan fingerprint density at radius 2 is 2.13 bits per heavy atom. The molecule has 1 fully saturated rings. The summed E-state index contributed by atoms with van der Waals surface area (Å²) in [5.74, 6) is 0.855. The number of carbonyl (C=O) groups is 1. The van der Waals surface area contributed by atoms with Gasteiger partial charge in [-0.05, 0) is 36.5 Å². The molecule has 1 unspecified atom stereocenters. The lowest BCUT2D eigenvalue weighted by Gasteiger charge is -2.26. The number of aliphatic hydroxyl groups is 1. The number of hydrogen-bond acceptors (Lipinski definition) is 4. The molecule has 0 radical (unpaired) electrons. The maximum absolute atomic E-state index is 12.2. The Bertz CT molecular complexity index is 572. The van der Waals surface area contributed by atoms with Gasteiger partial charge < -0.3 is 19.9 Å². The highest BCUT2D eigenvalue weighted by atomic mass is 35.5. The van der Waals surface area contributed by atoms with Crippen LogP contribution in [0, 0.1) is 5.92 Å². The molecule has 2 aliphatic rings. The van der Waals surface area contributed by atoms with Gasteiger partial charge in [-0.25, -0.2) is 0 Å². The molecule has 0 bridgehead atoms. The molecule has 0 aromatic heterocycles. The van der Waals surface area contributed by atoms with Crippen molar-refractivity contribution in [2.45, 2.75) is 31.8 Å². The predicted molar refractivity (Wildman–Crippen MR) is 86.9 cm³/mol. The van der Waals surface area contributed by atoms with E-state index in [4.69, 9.17) is 21.1 Å². The average molecular weight is 340 g/mol. The van der Waals surface area contributed by atoms with E-state index in [1.54, 1.807) is 6.07 Å². The van der Waals surface area contributed by atoms with Crippen LogP contribution in [0.25, 0.3) is 0 Å². The van der Waals surface area contributed by atoms with E-state index >= 15 is 0 Å². The number of amides is 1. The van der Waals surface area contributed by atoms with Gasteiger partial charge in [0.1, 0.15) is 5.75 Å². The summed E-state index contributed by atoms with van der Waals surface area (Å²) in [5.41, 5.74) is 1.87. The average Bonchev–Trinajstić information content (AvgIpc) is 3.02. The fraction of sp³-hybridized carbons (Fsp3) is 0.588. The number of halogens is 1. The van der Waals surface area contributed by atoms with Crippen molar-refractivity contribution in [2.24, 2.45) is 5.92 Å². The van der Waals surface area contributed by atoms with E-state index in [1.807, 2.05) is 6.07 Å². The third-order valence-corrected chi connectivity index (χ3v) is 4.71. The molecule has 1 saturated heterocycles. The molecule has 0 spiro atoms. The first-order chi connectivity index (χ1) is 11.1. The topological polar surface area (TPSA) is 67.8 Å².